The van der Waals surface area contributed by atoms with Gasteiger partial charge < -0.3 is 5.11 Å². The molecule has 0 spiro atoms. The third-order valence-electron chi connectivity index (χ3n) is 0.399. The van der Waals surface area contributed by atoms with Gasteiger partial charge in [0.1, 0.15) is 6.73 Å². The summed E-state index contributed by atoms with van der Waals surface area (Å²) >= 11 is 3.67. The lowest BCUT2D eigenvalue weighted by molar-refractivity contribution is -0.110. The Morgan fingerprint density at radius 3 is 2.57 bits per heavy atom. The molecule has 0 bridgehead atoms. The molecule has 0 atom stereocenters. The van der Waals surface area contributed by atoms with Crippen molar-refractivity contribution in [2.75, 3.05) is 13.3 Å². The Morgan fingerprint density at radius 1 is 1.86 bits per heavy atom. The molecule has 0 aliphatic carbocycles. The van der Waals surface area contributed by atoms with Crippen LogP contribution in [-0.4, -0.2) is 22.9 Å². The normalized spacial score (nSPS) is 10.3. The fraction of sp³-hybridized carbons (Fsp3) is 1.00. The summed E-state index contributed by atoms with van der Waals surface area (Å²) < 4.78 is 1.06. The SMILES string of the molecule is CCON(S)CO. The molecule has 3 nitrogen and oxygen atoms in total. The van der Waals surface area contributed by atoms with Crippen molar-refractivity contribution in [1.29, 1.82) is 0 Å². The highest BCUT2D eigenvalue weighted by atomic mass is 32.1. The summed E-state index contributed by atoms with van der Waals surface area (Å²) in [6, 6.07) is 0. The van der Waals surface area contributed by atoms with Crippen LogP contribution >= 0.6 is 12.8 Å². The topological polar surface area (TPSA) is 32.7 Å². The van der Waals surface area contributed by atoms with Gasteiger partial charge in [-0.2, -0.15) is 0 Å². The van der Waals surface area contributed by atoms with Crippen LogP contribution in [0.15, 0.2) is 0 Å². The Bertz CT molecular complexity index is 43.9. The van der Waals surface area contributed by atoms with Crippen LogP contribution < -0.4 is 0 Å². The highest BCUT2D eigenvalue weighted by molar-refractivity contribution is 7.77. The minimum atomic E-state index is -0.184. The Hall–Kier alpha value is 0.230. The van der Waals surface area contributed by atoms with E-state index >= 15 is 0 Å². The van der Waals surface area contributed by atoms with Gasteiger partial charge in [-0.1, -0.05) is 12.8 Å². The number of aliphatic hydroxyl groups excluding tert-OH is 1. The summed E-state index contributed by atoms with van der Waals surface area (Å²) in [6.45, 7) is 2.17. The van der Waals surface area contributed by atoms with Crippen molar-refractivity contribution in [3.8, 4) is 0 Å². The van der Waals surface area contributed by atoms with E-state index in [4.69, 9.17) is 5.11 Å². The number of rotatable bonds is 3. The van der Waals surface area contributed by atoms with E-state index in [1.807, 2.05) is 6.92 Å². The molecule has 0 aromatic carbocycles. The molecule has 0 amide bonds. The maximum atomic E-state index is 8.19. The predicted molar refractivity (Wildman–Crippen MR) is 29.5 cm³/mol. The van der Waals surface area contributed by atoms with E-state index in [0.29, 0.717) is 6.61 Å². The molecule has 0 saturated carbocycles. The number of hydrogen-bond donors (Lipinski definition) is 2. The zero-order valence-electron chi connectivity index (χ0n) is 4.16. The van der Waals surface area contributed by atoms with Crippen molar-refractivity contribution < 1.29 is 9.94 Å². The van der Waals surface area contributed by atoms with Gasteiger partial charge in [0.2, 0.25) is 0 Å². The Balaban J connectivity index is 2.83. The molecule has 0 saturated heterocycles. The van der Waals surface area contributed by atoms with Crippen LogP contribution in [0.5, 0.6) is 0 Å². The monoisotopic (exact) mass is 123 g/mol. The average Bonchev–Trinajstić information content (AvgIpc) is 1.68. The zero-order valence-corrected chi connectivity index (χ0v) is 5.06. The Morgan fingerprint density at radius 2 is 2.43 bits per heavy atom. The molecule has 0 aromatic rings. The second-order valence-electron chi connectivity index (χ2n) is 0.911. The number of aliphatic hydroxyl groups is 1. The smallest absolute Gasteiger partial charge is 0.130 e. The van der Waals surface area contributed by atoms with Crippen LogP contribution in [0.2, 0.25) is 0 Å². The molecular weight excluding hydrogens is 114 g/mol. The van der Waals surface area contributed by atoms with Crippen molar-refractivity contribution in [2.24, 2.45) is 0 Å². The molecule has 0 aliphatic rings. The van der Waals surface area contributed by atoms with Gasteiger partial charge in [-0.05, 0) is 6.92 Å². The minimum absolute atomic E-state index is 0.184. The second-order valence-corrected chi connectivity index (χ2v) is 1.36. The third-order valence-corrected chi connectivity index (χ3v) is 0.641. The fourth-order valence-corrected chi connectivity index (χ4v) is 0.305. The van der Waals surface area contributed by atoms with E-state index in [0.717, 1.165) is 4.47 Å². The first kappa shape index (κ1) is 7.23. The Labute approximate surface area is 48.4 Å². The standard InChI is InChI=1S/C3H9NO2S/c1-2-6-4(7)3-5/h5,7H,2-3H2,1H3. The first-order chi connectivity index (χ1) is 3.31. The summed E-state index contributed by atoms with van der Waals surface area (Å²) in [6.07, 6.45) is 0. The van der Waals surface area contributed by atoms with E-state index in [9.17, 15) is 0 Å². The molecule has 4 heteroatoms. The summed E-state index contributed by atoms with van der Waals surface area (Å²) in [5.74, 6) is 0. The quantitative estimate of drug-likeness (QED) is 0.315. The fourth-order valence-electron chi connectivity index (χ4n) is 0.190. The molecule has 0 heterocycles. The van der Waals surface area contributed by atoms with Gasteiger partial charge in [0.15, 0.2) is 0 Å². The lowest BCUT2D eigenvalue weighted by atomic mass is 10.9. The second kappa shape index (κ2) is 4.39. The lowest BCUT2D eigenvalue weighted by Gasteiger charge is -2.07. The van der Waals surface area contributed by atoms with Crippen molar-refractivity contribution in [3.05, 3.63) is 0 Å². The zero-order chi connectivity index (χ0) is 5.70. The molecule has 0 aromatic heterocycles. The molecule has 0 aliphatic heterocycles. The number of nitrogens with zero attached hydrogens (tertiary/aromatic N) is 1. The van der Waals surface area contributed by atoms with Crippen molar-refractivity contribution in [1.82, 2.24) is 4.47 Å². The van der Waals surface area contributed by atoms with Crippen LogP contribution in [0, 0.1) is 0 Å². The summed E-state index contributed by atoms with van der Waals surface area (Å²) in [5.41, 5.74) is 0. The number of thiol groups is 1. The summed E-state index contributed by atoms with van der Waals surface area (Å²) in [5, 5.41) is 8.19. The maximum absolute atomic E-state index is 8.19. The van der Waals surface area contributed by atoms with Gasteiger partial charge in [0, 0.05) is 0 Å². The van der Waals surface area contributed by atoms with Crippen molar-refractivity contribution in [3.63, 3.8) is 0 Å². The van der Waals surface area contributed by atoms with Crippen molar-refractivity contribution >= 4 is 12.8 Å². The van der Waals surface area contributed by atoms with Gasteiger partial charge >= 0.3 is 0 Å². The first-order valence-electron chi connectivity index (χ1n) is 2.01. The van der Waals surface area contributed by atoms with Gasteiger partial charge in [0.05, 0.1) is 6.61 Å². The first-order valence-corrected chi connectivity index (χ1v) is 2.41. The molecule has 0 fully saturated rings. The largest absolute Gasteiger partial charge is 0.378 e. The molecule has 7 heavy (non-hydrogen) atoms. The highest BCUT2D eigenvalue weighted by Gasteiger charge is 1.89. The van der Waals surface area contributed by atoms with Gasteiger partial charge in [-0.15, -0.1) is 4.47 Å². The predicted octanol–water partition coefficient (Wildman–Crippen LogP) is 0.0345. The summed E-state index contributed by atoms with van der Waals surface area (Å²) in [4.78, 5) is 4.64. The number of hydrogen-bond acceptors (Lipinski definition) is 4. The van der Waals surface area contributed by atoms with Crippen LogP contribution in [0.1, 0.15) is 6.92 Å². The van der Waals surface area contributed by atoms with Crippen LogP contribution in [-0.2, 0) is 4.84 Å². The molecule has 0 rings (SSSR count). The molecule has 0 unspecified atom stereocenters. The molecule has 44 valence electrons. The van der Waals surface area contributed by atoms with Gasteiger partial charge in [0.25, 0.3) is 0 Å². The Kier molecular flexibility index (Phi) is 4.53. The van der Waals surface area contributed by atoms with E-state index < -0.39 is 0 Å². The van der Waals surface area contributed by atoms with Crippen molar-refractivity contribution in [2.45, 2.75) is 6.92 Å². The molecule has 0 radical (unpaired) electrons. The maximum Gasteiger partial charge on any atom is 0.130 e. The van der Waals surface area contributed by atoms with E-state index in [-0.39, 0.29) is 6.73 Å². The molecular formula is C3H9NO2S. The van der Waals surface area contributed by atoms with Gasteiger partial charge in [-0.3, -0.25) is 4.84 Å². The van der Waals surface area contributed by atoms with E-state index in [1.54, 1.807) is 0 Å². The molecule has 1 N–H and O–H groups in total. The van der Waals surface area contributed by atoms with Crippen LogP contribution in [0.4, 0.5) is 0 Å². The van der Waals surface area contributed by atoms with Gasteiger partial charge in [-0.25, -0.2) is 0 Å². The summed E-state index contributed by atoms with van der Waals surface area (Å²) in [7, 11) is 0. The van der Waals surface area contributed by atoms with Crippen LogP contribution in [0.25, 0.3) is 0 Å². The van der Waals surface area contributed by atoms with E-state index in [2.05, 4.69) is 17.7 Å². The van der Waals surface area contributed by atoms with E-state index in [1.165, 1.54) is 0 Å². The lowest BCUT2D eigenvalue weighted by Crippen LogP contribution is -2.13. The highest BCUT2D eigenvalue weighted by Crippen LogP contribution is 1.89. The number of hydroxylamine groups is 1. The van der Waals surface area contributed by atoms with Crippen LogP contribution in [0.3, 0.4) is 0 Å². The average molecular weight is 123 g/mol. The third kappa shape index (κ3) is 4.08. The minimum Gasteiger partial charge on any atom is -0.378 e.